The van der Waals surface area contributed by atoms with Crippen molar-refractivity contribution in [2.75, 3.05) is 6.61 Å². The molecule has 39 heavy (non-hydrogen) atoms. The third kappa shape index (κ3) is 8.14. The Labute approximate surface area is 235 Å². The minimum atomic E-state index is -0.623. The molecule has 0 unspecified atom stereocenters. The summed E-state index contributed by atoms with van der Waals surface area (Å²) in [6.07, 6.45) is 0.138. The number of Topliss-reactive ketones (excluding diaryl/α,β-unsaturated/α-hetero) is 1. The molecule has 0 saturated heterocycles. The Bertz CT molecular complexity index is 1470. The molecule has 0 bridgehead atoms. The Morgan fingerprint density at radius 2 is 1.31 bits per heavy atom. The van der Waals surface area contributed by atoms with E-state index >= 15 is 0 Å². The standard InChI is InChI=1S/C31H24ClNO5S/c1-21(34)38-33-29(19-20-37-26-13-11-25(32)12-14-26)31(36)24-9-17-28(18-10-24)39-27-15-7-23(8-16-27)30(35)22-5-3-2-4-6-22/h2-18H,19-20H2,1H3/b33-29+. The third-order valence-corrected chi connectivity index (χ3v) is 6.74. The van der Waals surface area contributed by atoms with Gasteiger partial charge in [-0.2, -0.15) is 0 Å². The number of halogens is 1. The van der Waals surface area contributed by atoms with Crippen molar-refractivity contribution in [1.82, 2.24) is 0 Å². The lowest BCUT2D eigenvalue weighted by molar-refractivity contribution is -0.140. The molecule has 0 aromatic heterocycles. The van der Waals surface area contributed by atoms with Crippen molar-refractivity contribution in [3.05, 3.63) is 125 Å². The number of carbonyl (C=O) groups excluding carboxylic acids is 3. The van der Waals surface area contributed by atoms with Crippen molar-refractivity contribution in [2.45, 2.75) is 23.1 Å². The van der Waals surface area contributed by atoms with Crippen LogP contribution in [0.15, 0.2) is 118 Å². The molecule has 4 aromatic rings. The summed E-state index contributed by atoms with van der Waals surface area (Å²) in [6.45, 7) is 1.37. The van der Waals surface area contributed by atoms with E-state index in [4.69, 9.17) is 21.2 Å². The van der Waals surface area contributed by atoms with Crippen molar-refractivity contribution in [1.29, 1.82) is 0 Å². The van der Waals surface area contributed by atoms with Crippen LogP contribution in [0.4, 0.5) is 0 Å². The molecule has 0 aliphatic rings. The highest BCUT2D eigenvalue weighted by atomic mass is 35.5. The van der Waals surface area contributed by atoms with Crippen LogP contribution in [0.1, 0.15) is 39.6 Å². The average Bonchev–Trinajstić information content (AvgIpc) is 2.96. The van der Waals surface area contributed by atoms with E-state index in [0.29, 0.717) is 27.5 Å². The molecule has 196 valence electrons. The van der Waals surface area contributed by atoms with Crippen LogP contribution in [0.3, 0.4) is 0 Å². The van der Waals surface area contributed by atoms with Gasteiger partial charge < -0.3 is 9.57 Å². The molecule has 0 aliphatic carbocycles. The van der Waals surface area contributed by atoms with E-state index in [1.54, 1.807) is 60.7 Å². The van der Waals surface area contributed by atoms with Crippen LogP contribution in [0, 0.1) is 0 Å². The molecule has 6 nitrogen and oxygen atoms in total. The zero-order chi connectivity index (χ0) is 27.6. The van der Waals surface area contributed by atoms with E-state index in [0.717, 1.165) is 9.79 Å². The second-order valence-electron chi connectivity index (χ2n) is 8.35. The van der Waals surface area contributed by atoms with Crippen LogP contribution in [0.2, 0.25) is 5.02 Å². The van der Waals surface area contributed by atoms with Crippen molar-refractivity contribution in [3.8, 4) is 5.75 Å². The smallest absolute Gasteiger partial charge is 0.331 e. The molecule has 0 atom stereocenters. The molecule has 0 amide bonds. The summed E-state index contributed by atoms with van der Waals surface area (Å²) < 4.78 is 5.66. The Morgan fingerprint density at radius 3 is 1.90 bits per heavy atom. The summed E-state index contributed by atoms with van der Waals surface area (Å²) in [5.41, 5.74) is 1.73. The molecule has 8 heteroatoms. The van der Waals surface area contributed by atoms with Gasteiger partial charge in [-0.25, -0.2) is 4.79 Å². The zero-order valence-electron chi connectivity index (χ0n) is 21.0. The van der Waals surface area contributed by atoms with Gasteiger partial charge in [0, 0.05) is 44.8 Å². The number of hydrogen-bond donors (Lipinski definition) is 0. The molecule has 0 saturated carbocycles. The minimum Gasteiger partial charge on any atom is -0.493 e. The van der Waals surface area contributed by atoms with E-state index in [2.05, 4.69) is 5.16 Å². The molecule has 0 N–H and O–H groups in total. The van der Waals surface area contributed by atoms with E-state index in [9.17, 15) is 14.4 Å². The highest BCUT2D eigenvalue weighted by Gasteiger charge is 2.17. The van der Waals surface area contributed by atoms with Gasteiger partial charge in [0.15, 0.2) is 5.78 Å². The van der Waals surface area contributed by atoms with Gasteiger partial charge in [-0.15, -0.1) is 0 Å². The lowest BCUT2D eigenvalue weighted by Crippen LogP contribution is -2.18. The monoisotopic (exact) mass is 557 g/mol. The van der Waals surface area contributed by atoms with Gasteiger partial charge in [0.25, 0.3) is 0 Å². The lowest BCUT2D eigenvalue weighted by Gasteiger charge is -2.09. The number of oxime groups is 1. The number of nitrogens with zero attached hydrogens (tertiary/aromatic N) is 1. The van der Waals surface area contributed by atoms with Gasteiger partial charge in [-0.1, -0.05) is 58.9 Å². The number of ketones is 2. The first-order valence-corrected chi connectivity index (χ1v) is 13.2. The van der Waals surface area contributed by atoms with Gasteiger partial charge in [0.1, 0.15) is 11.5 Å². The van der Waals surface area contributed by atoms with E-state index < -0.39 is 5.97 Å². The van der Waals surface area contributed by atoms with Gasteiger partial charge in [-0.05, 0) is 72.8 Å². The number of hydrogen-bond acceptors (Lipinski definition) is 7. The summed E-state index contributed by atoms with van der Waals surface area (Å²) in [5, 5.41) is 4.35. The molecule has 0 heterocycles. The maximum atomic E-state index is 13.1. The average molecular weight is 558 g/mol. The summed E-state index contributed by atoms with van der Waals surface area (Å²) in [5.74, 6) is -0.421. The van der Waals surface area contributed by atoms with Crippen LogP contribution < -0.4 is 4.74 Å². The SMILES string of the molecule is CC(=O)O/N=C(\CCOc1ccc(Cl)cc1)C(=O)c1ccc(Sc2ccc(C(=O)c3ccccc3)cc2)cc1. The topological polar surface area (TPSA) is 82.0 Å². The normalized spacial score (nSPS) is 11.1. The van der Waals surface area contributed by atoms with Gasteiger partial charge >= 0.3 is 5.97 Å². The lowest BCUT2D eigenvalue weighted by atomic mass is 10.0. The largest absolute Gasteiger partial charge is 0.493 e. The zero-order valence-corrected chi connectivity index (χ0v) is 22.6. The van der Waals surface area contributed by atoms with Crippen molar-refractivity contribution < 1.29 is 24.0 Å². The number of carbonyl (C=O) groups is 3. The predicted molar refractivity (Wildman–Crippen MR) is 152 cm³/mol. The Balaban J connectivity index is 1.39. The van der Waals surface area contributed by atoms with E-state index in [1.807, 2.05) is 42.5 Å². The summed E-state index contributed by atoms with van der Waals surface area (Å²) >= 11 is 7.40. The molecule has 0 fully saturated rings. The van der Waals surface area contributed by atoms with Crippen LogP contribution >= 0.6 is 23.4 Å². The van der Waals surface area contributed by atoms with E-state index in [-0.39, 0.29) is 30.3 Å². The Morgan fingerprint density at radius 1 is 0.744 bits per heavy atom. The molecule has 4 rings (SSSR count). The van der Waals surface area contributed by atoms with Gasteiger partial charge in [0.2, 0.25) is 5.78 Å². The highest BCUT2D eigenvalue weighted by Crippen LogP contribution is 2.28. The molecular formula is C31H24ClNO5S. The van der Waals surface area contributed by atoms with Crippen molar-refractivity contribution >= 4 is 46.6 Å². The van der Waals surface area contributed by atoms with Crippen LogP contribution in [0.25, 0.3) is 0 Å². The maximum Gasteiger partial charge on any atom is 0.331 e. The fourth-order valence-electron chi connectivity index (χ4n) is 3.52. The molecule has 0 radical (unpaired) electrons. The molecule has 0 spiro atoms. The van der Waals surface area contributed by atoms with Crippen molar-refractivity contribution in [3.63, 3.8) is 0 Å². The van der Waals surface area contributed by atoms with Crippen molar-refractivity contribution in [2.24, 2.45) is 5.16 Å². The summed E-state index contributed by atoms with van der Waals surface area (Å²) in [6, 6.07) is 30.4. The third-order valence-electron chi connectivity index (χ3n) is 5.47. The van der Waals surface area contributed by atoms with Crippen LogP contribution in [-0.4, -0.2) is 29.9 Å². The minimum absolute atomic E-state index is 0.0280. The second kappa shape index (κ2) is 13.6. The predicted octanol–water partition coefficient (Wildman–Crippen LogP) is 7.29. The maximum absolute atomic E-state index is 13.1. The van der Waals surface area contributed by atoms with E-state index in [1.165, 1.54) is 18.7 Å². The fraction of sp³-hybridized carbons (Fsp3) is 0.0968. The number of ether oxygens (including phenoxy) is 1. The summed E-state index contributed by atoms with van der Waals surface area (Å²) in [7, 11) is 0. The molecule has 4 aromatic carbocycles. The second-order valence-corrected chi connectivity index (χ2v) is 9.93. The summed E-state index contributed by atoms with van der Waals surface area (Å²) in [4.78, 5) is 43.6. The van der Waals surface area contributed by atoms with Gasteiger partial charge in [0.05, 0.1) is 6.61 Å². The number of rotatable bonds is 11. The molecule has 0 aliphatic heterocycles. The first-order chi connectivity index (χ1) is 18.9. The number of benzene rings is 4. The first-order valence-electron chi connectivity index (χ1n) is 12.0. The Kier molecular flexibility index (Phi) is 9.67. The molecular weight excluding hydrogens is 534 g/mol. The highest BCUT2D eigenvalue weighted by molar-refractivity contribution is 7.99. The van der Waals surface area contributed by atoms with Crippen LogP contribution in [0.5, 0.6) is 5.75 Å². The Hall–Kier alpha value is -4.20. The van der Waals surface area contributed by atoms with Crippen LogP contribution in [-0.2, 0) is 9.63 Å². The first kappa shape index (κ1) is 27.8. The quantitative estimate of drug-likeness (QED) is 0.0833. The fourth-order valence-corrected chi connectivity index (χ4v) is 4.47. The van der Waals surface area contributed by atoms with Gasteiger partial charge in [-0.3, -0.25) is 9.59 Å².